The molecule has 0 spiro atoms. The topological polar surface area (TPSA) is 52.0 Å². The molecule has 3 atom stereocenters. The van der Waals surface area contributed by atoms with Gasteiger partial charge in [0.2, 0.25) is 5.95 Å². The highest BCUT2D eigenvalue weighted by Crippen LogP contribution is 2.32. The van der Waals surface area contributed by atoms with Crippen molar-refractivity contribution < 1.29 is 4.74 Å². The number of nitrogens with one attached hydrogen (secondary N) is 1. The largest absolute Gasteiger partial charge is 0.370 e. The van der Waals surface area contributed by atoms with Crippen LogP contribution in [0.2, 0.25) is 0 Å². The monoisotopic (exact) mass is 250 g/mol. The molecule has 0 radical (unpaired) electrons. The molecule has 1 aromatic heterocycles. The summed E-state index contributed by atoms with van der Waals surface area (Å²) in [5.74, 6) is 1.80. The lowest BCUT2D eigenvalue weighted by Crippen LogP contribution is -2.31. The van der Waals surface area contributed by atoms with Crippen LogP contribution in [0.1, 0.15) is 63.9 Å². The Balaban J connectivity index is 1.87. The Bertz CT molecular complexity index is 411. The van der Waals surface area contributed by atoms with Crippen molar-refractivity contribution in [1.29, 1.82) is 0 Å². The van der Waals surface area contributed by atoms with Gasteiger partial charge in [0.15, 0.2) is 5.82 Å². The fourth-order valence-electron chi connectivity index (χ4n) is 2.89. The van der Waals surface area contributed by atoms with Gasteiger partial charge in [-0.15, -0.1) is 0 Å². The molecule has 0 bridgehead atoms. The fourth-order valence-corrected chi connectivity index (χ4v) is 2.89. The number of hydrogen-bond donors (Lipinski definition) is 1. The molecule has 5 heteroatoms. The van der Waals surface area contributed by atoms with Gasteiger partial charge in [-0.1, -0.05) is 13.8 Å². The van der Waals surface area contributed by atoms with Crippen molar-refractivity contribution in [3.8, 4) is 0 Å². The van der Waals surface area contributed by atoms with E-state index in [1.165, 1.54) is 0 Å². The maximum Gasteiger partial charge on any atom is 0.221 e. The minimum absolute atomic E-state index is 0.113. The third-order valence-corrected chi connectivity index (χ3v) is 4.07. The average molecular weight is 250 g/mol. The Kier molecular flexibility index (Phi) is 3.24. The highest BCUT2D eigenvalue weighted by atomic mass is 16.5. The van der Waals surface area contributed by atoms with Crippen LogP contribution in [0.5, 0.6) is 0 Å². The zero-order chi connectivity index (χ0) is 12.5. The molecule has 5 nitrogen and oxygen atoms in total. The molecule has 0 amide bonds. The molecule has 0 aromatic carbocycles. The third kappa shape index (κ3) is 2.00. The number of hydrogen-bond acceptors (Lipinski definition) is 4. The SMILES string of the molecule is CCC1CC(CC)n2nc(C3CCCO3)nc2N1. The van der Waals surface area contributed by atoms with E-state index in [0.717, 1.165) is 50.5 Å². The first-order valence-electron chi connectivity index (χ1n) is 7.16. The highest BCUT2D eigenvalue weighted by Gasteiger charge is 2.30. The number of anilines is 1. The van der Waals surface area contributed by atoms with E-state index in [9.17, 15) is 0 Å². The quantitative estimate of drug-likeness (QED) is 0.896. The third-order valence-electron chi connectivity index (χ3n) is 4.07. The van der Waals surface area contributed by atoms with Gasteiger partial charge >= 0.3 is 0 Å². The second-order valence-corrected chi connectivity index (χ2v) is 5.29. The van der Waals surface area contributed by atoms with Crippen LogP contribution >= 0.6 is 0 Å². The molecule has 0 aliphatic carbocycles. The summed E-state index contributed by atoms with van der Waals surface area (Å²) in [6, 6.07) is 1.01. The van der Waals surface area contributed by atoms with Crippen molar-refractivity contribution in [2.45, 2.75) is 64.1 Å². The Morgan fingerprint density at radius 1 is 1.39 bits per heavy atom. The molecular formula is C13H22N4O. The summed E-state index contributed by atoms with van der Waals surface area (Å²) >= 11 is 0. The van der Waals surface area contributed by atoms with Crippen LogP contribution in [0.25, 0.3) is 0 Å². The van der Waals surface area contributed by atoms with Crippen LogP contribution in [0.4, 0.5) is 5.95 Å². The number of nitrogens with zero attached hydrogens (tertiary/aromatic N) is 3. The van der Waals surface area contributed by atoms with Crippen LogP contribution in [0, 0.1) is 0 Å². The van der Waals surface area contributed by atoms with Crippen LogP contribution in [0.15, 0.2) is 0 Å². The van der Waals surface area contributed by atoms with Crippen LogP contribution < -0.4 is 5.32 Å². The van der Waals surface area contributed by atoms with E-state index in [1.54, 1.807) is 0 Å². The van der Waals surface area contributed by atoms with Crippen molar-refractivity contribution in [3.63, 3.8) is 0 Å². The van der Waals surface area contributed by atoms with E-state index < -0.39 is 0 Å². The second kappa shape index (κ2) is 4.88. The second-order valence-electron chi connectivity index (χ2n) is 5.29. The highest BCUT2D eigenvalue weighted by molar-refractivity contribution is 5.30. The first-order valence-corrected chi connectivity index (χ1v) is 7.16. The van der Waals surface area contributed by atoms with Crippen LogP contribution in [-0.2, 0) is 4.74 Å². The molecule has 3 unspecified atom stereocenters. The smallest absolute Gasteiger partial charge is 0.221 e. The molecule has 0 saturated carbocycles. The van der Waals surface area contributed by atoms with Gasteiger partial charge in [-0.05, 0) is 32.1 Å². The molecule has 1 saturated heterocycles. The Labute approximate surface area is 108 Å². The van der Waals surface area contributed by atoms with E-state index in [4.69, 9.17) is 4.74 Å². The summed E-state index contributed by atoms with van der Waals surface area (Å²) in [4.78, 5) is 4.64. The minimum Gasteiger partial charge on any atom is -0.370 e. The van der Waals surface area contributed by atoms with Gasteiger partial charge in [-0.3, -0.25) is 0 Å². The van der Waals surface area contributed by atoms with Crippen molar-refractivity contribution >= 4 is 5.95 Å². The minimum atomic E-state index is 0.113. The molecule has 1 aromatic rings. The zero-order valence-corrected chi connectivity index (χ0v) is 11.2. The van der Waals surface area contributed by atoms with Gasteiger partial charge in [0.25, 0.3) is 0 Å². The molecule has 1 N–H and O–H groups in total. The predicted molar refractivity (Wildman–Crippen MR) is 69.6 cm³/mol. The summed E-state index contributed by atoms with van der Waals surface area (Å²) in [7, 11) is 0. The summed E-state index contributed by atoms with van der Waals surface area (Å²) in [5.41, 5.74) is 0. The lowest BCUT2D eigenvalue weighted by molar-refractivity contribution is 0.104. The Hall–Kier alpha value is -1.10. The molecule has 3 heterocycles. The van der Waals surface area contributed by atoms with Crippen molar-refractivity contribution in [3.05, 3.63) is 5.82 Å². The van der Waals surface area contributed by atoms with Crippen molar-refractivity contribution in [1.82, 2.24) is 14.8 Å². The number of rotatable bonds is 3. The van der Waals surface area contributed by atoms with Crippen molar-refractivity contribution in [2.75, 3.05) is 11.9 Å². The average Bonchev–Trinajstić information content (AvgIpc) is 3.05. The van der Waals surface area contributed by atoms with Crippen LogP contribution in [-0.4, -0.2) is 27.4 Å². The van der Waals surface area contributed by atoms with Crippen molar-refractivity contribution in [2.24, 2.45) is 0 Å². The normalized spacial score (nSPS) is 31.1. The summed E-state index contributed by atoms with van der Waals surface area (Å²) in [6.07, 6.45) is 5.68. The van der Waals surface area contributed by atoms with Gasteiger partial charge in [0.1, 0.15) is 6.10 Å². The number of fused-ring (bicyclic) bond motifs is 1. The first kappa shape index (κ1) is 12.0. The van der Waals surface area contributed by atoms with E-state index in [1.807, 2.05) is 0 Å². The molecule has 3 rings (SSSR count). The summed E-state index contributed by atoms with van der Waals surface area (Å²) in [5, 5.41) is 8.16. The molecule has 18 heavy (non-hydrogen) atoms. The molecule has 1 fully saturated rings. The summed E-state index contributed by atoms with van der Waals surface area (Å²) in [6.45, 7) is 5.29. The zero-order valence-electron chi connectivity index (χ0n) is 11.2. The molecular weight excluding hydrogens is 228 g/mol. The van der Waals surface area contributed by atoms with Gasteiger partial charge in [-0.2, -0.15) is 10.1 Å². The van der Waals surface area contributed by atoms with Crippen LogP contribution in [0.3, 0.4) is 0 Å². The molecule has 100 valence electrons. The number of aromatic nitrogens is 3. The molecule has 2 aliphatic rings. The van der Waals surface area contributed by atoms with Gasteiger partial charge in [-0.25, -0.2) is 4.68 Å². The van der Waals surface area contributed by atoms with E-state index >= 15 is 0 Å². The maximum atomic E-state index is 5.67. The standard InChI is InChI=1S/C13H22N4O/c1-3-9-8-10(4-2)17-13(14-9)15-12(16-17)11-6-5-7-18-11/h9-11H,3-8H2,1-2H3,(H,14,15,16). The Morgan fingerprint density at radius 3 is 2.94 bits per heavy atom. The van der Waals surface area contributed by atoms with Gasteiger partial charge in [0, 0.05) is 12.6 Å². The predicted octanol–water partition coefficient (Wildman–Crippen LogP) is 2.67. The van der Waals surface area contributed by atoms with E-state index in [-0.39, 0.29) is 6.10 Å². The fraction of sp³-hybridized carbons (Fsp3) is 0.846. The summed E-state index contributed by atoms with van der Waals surface area (Å²) < 4.78 is 7.75. The van der Waals surface area contributed by atoms with Gasteiger partial charge in [0.05, 0.1) is 6.04 Å². The number of ether oxygens (including phenoxy) is 1. The molecule has 2 aliphatic heterocycles. The van der Waals surface area contributed by atoms with E-state index in [2.05, 4.69) is 33.9 Å². The Morgan fingerprint density at radius 2 is 2.28 bits per heavy atom. The lowest BCUT2D eigenvalue weighted by Gasteiger charge is -2.29. The maximum absolute atomic E-state index is 5.67. The van der Waals surface area contributed by atoms with Gasteiger partial charge < -0.3 is 10.1 Å². The lowest BCUT2D eigenvalue weighted by atomic mass is 10.0. The first-order chi connectivity index (χ1) is 8.81. The van der Waals surface area contributed by atoms with E-state index in [0.29, 0.717) is 12.1 Å².